The Morgan fingerprint density at radius 3 is 1.86 bits per heavy atom. The fourth-order valence-electron chi connectivity index (χ4n) is 7.97. The largest absolute Gasteiger partial charge is 0.456 e. The molecule has 1 unspecified atom stereocenters. The van der Waals surface area contributed by atoms with E-state index in [9.17, 15) is 28.8 Å². The maximum atomic E-state index is 14.0. The van der Waals surface area contributed by atoms with Gasteiger partial charge in [-0.25, -0.2) is 9.59 Å². The molecule has 0 radical (unpaired) electrons. The van der Waals surface area contributed by atoms with Crippen molar-refractivity contribution in [1.29, 1.82) is 0 Å². The maximum absolute atomic E-state index is 14.0. The number of nitrogens with zero attached hydrogens (tertiary/aromatic N) is 1. The summed E-state index contributed by atoms with van der Waals surface area (Å²) in [6, 6.07) is 25.8. The molecule has 9 rings (SSSR count). The number of halogens is 1. The summed E-state index contributed by atoms with van der Waals surface area (Å²) < 4.78 is 24.2. The molecule has 282 valence electrons. The van der Waals surface area contributed by atoms with Gasteiger partial charge in [-0.15, -0.1) is 5.06 Å². The number of rotatable bonds is 5. The molecular formula is C44H28ClNO11. The Balaban J connectivity index is 1.35. The minimum Gasteiger partial charge on any atom is -0.456 e. The molecular weight excluding hydrogens is 754 g/mol. The van der Waals surface area contributed by atoms with E-state index in [1.807, 2.05) is 55.5 Å². The maximum Gasteiger partial charge on any atom is 0.363 e. The van der Waals surface area contributed by atoms with Gasteiger partial charge in [-0.05, 0) is 64.4 Å². The quantitative estimate of drug-likeness (QED) is 0.0719. The number of aryl methyl sites for hydroxylation is 1. The van der Waals surface area contributed by atoms with E-state index < -0.39 is 41.3 Å². The number of fused-ring (bicyclic) bond motifs is 8. The average molecular weight is 782 g/mol. The SMILES string of the molecule is CC(=O)Oc1cc2c(cc1Cl)C1(OC(=O)c3ccc(C(=O)ON4C(=O)CCC4=O)cc31)c1cc(-c3c4ccccc4c(C)c4ccccc34)c(OC(C)=O)cc1O2. The van der Waals surface area contributed by atoms with Gasteiger partial charge in [0.05, 0.1) is 16.1 Å². The van der Waals surface area contributed by atoms with Crippen molar-refractivity contribution in [2.45, 2.75) is 39.2 Å². The number of hydrogen-bond donors (Lipinski definition) is 0. The molecule has 6 aromatic rings. The Kier molecular flexibility index (Phi) is 8.14. The first-order chi connectivity index (χ1) is 27.3. The molecule has 3 aliphatic heterocycles. The molecule has 0 N–H and O–H groups in total. The van der Waals surface area contributed by atoms with E-state index in [0.717, 1.165) is 32.7 Å². The summed E-state index contributed by atoms with van der Waals surface area (Å²) in [6.45, 7) is 4.52. The number of amides is 2. The van der Waals surface area contributed by atoms with Crippen LogP contribution >= 0.6 is 11.6 Å². The minimum atomic E-state index is -1.89. The molecule has 0 aliphatic carbocycles. The van der Waals surface area contributed by atoms with Crippen molar-refractivity contribution in [2.24, 2.45) is 0 Å². The Morgan fingerprint density at radius 2 is 1.25 bits per heavy atom. The number of carbonyl (C=O) groups excluding carboxylic acids is 6. The van der Waals surface area contributed by atoms with E-state index in [4.69, 9.17) is 35.4 Å². The molecule has 3 aliphatic rings. The average Bonchev–Trinajstić information content (AvgIpc) is 3.66. The first-order valence-corrected chi connectivity index (χ1v) is 18.2. The van der Waals surface area contributed by atoms with E-state index in [-0.39, 0.29) is 68.7 Å². The van der Waals surface area contributed by atoms with Crippen LogP contribution in [0.2, 0.25) is 5.02 Å². The summed E-state index contributed by atoms with van der Waals surface area (Å²) in [5, 5.41) is 4.02. The normalized spacial score (nSPS) is 16.6. The third-order valence-electron chi connectivity index (χ3n) is 10.4. The zero-order valence-electron chi connectivity index (χ0n) is 30.4. The van der Waals surface area contributed by atoms with E-state index in [1.165, 1.54) is 50.2 Å². The van der Waals surface area contributed by atoms with Crippen molar-refractivity contribution in [1.82, 2.24) is 5.06 Å². The van der Waals surface area contributed by atoms with Crippen LogP contribution in [0.1, 0.15) is 69.7 Å². The Hall–Kier alpha value is -7.05. The van der Waals surface area contributed by atoms with Gasteiger partial charge in [-0.2, -0.15) is 0 Å². The summed E-state index contributed by atoms with van der Waals surface area (Å²) in [7, 11) is 0. The van der Waals surface area contributed by atoms with Crippen LogP contribution in [0.25, 0.3) is 32.7 Å². The molecule has 1 spiro atoms. The van der Waals surface area contributed by atoms with E-state index in [1.54, 1.807) is 6.07 Å². The molecule has 0 saturated carbocycles. The summed E-state index contributed by atoms with van der Waals surface area (Å²) in [5.74, 6) is -4.13. The monoisotopic (exact) mass is 781 g/mol. The lowest BCUT2D eigenvalue weighted by atomic mass is 9.76. The third-order valence-corrected chi connectivity index (χ3v) is 10.6. The van der Waals surface area contributed by atoms with Crippen LogP contribution in [0, 0.1) is 6.92 Å². The van der Waals surface area contributed by atoms with Crippen molar-refractivity contribution in [2.75, 3.05) is 0 Å². The van der Waals surface area contributed by atoms with Gasteiger partial charge in [0.25, 0.3) is 11.8 Å². The molecule has 3 heterocycles. The lowest BCUT2D eigenvalue weighted by Gasteiger charge is -2.37. The number of esters is 3. The van der Waals surface area contributed by atoms with Crippen molar-refractivity contribution < 1.29 is 52.6 Å². The summed E-state index contributed by atoms with van der Waals surface area (Å²) in [6.07, 6.45) is -0.205. The van der Waals surface area contributed by atoms with Crippen LogP contribution in [-0.2, 0) is 34.4 Å². The number of carbonyl (C=O) groups is 6. The number of imide groups is 1. The van der Waals surface area contributed by atoms with Gasteiger partial charge in [-0.3, -0.25) is 19.2 Å². The molecule has 2 amide bonds. The van der Waals surface area contributed by atoms with Gasteiger partial charge in [0, 0.05) is 66.6 Å². The van der Waals surface area contributed by atoms with Crippen LogP contribution in [0.5, 0.6) is 23.0 Å². The molecule has 1 fully saturated rings. The van der Waals surface area contributed by atoms with Crippen molar-refractivity contribution in [3.05, 3.63) is 129 Å². The van der Waals surface area contributed by atoms with Gasteiger partial charge < -0.3 is 23.8 Å². The third kappa shape index (κ3) is 5.51. The second-order valence-corrected chi connectivity index (χ2v) is 14.2. The van der Waals surface area contributed by atoms with Crippen LogP contribution in [0.3, 0.4) is 0 Å². The predicted octanol–water partition coefficient (Wildman–Crippen LogP) is 8.26. The smallest absolute Gasteiger partial charge is 0.363 e. The van der Waals surface area contributed by atoms with Crippen molar-refractivity contribution in [3.63, 3.8) is 0 Å². The van der Waals surface area contributed by atoms with E-state index >= 15 is 0 Å². The molecule has 13 heteroatoms. The topological polar surface area (TPSA) is 152 Å². The van der Waals surface area contributed by atoms with Gasteiger partial charge >= 0.3 is 23.9 Å². The summed E-state index contributed by atoms with van der Waals surface area (Å²) in [5.41, 5.74) is 0.958. The summed E-state index contributed by atoms with van der Waals surface area (Å²) in [4.78, 5) is 82.3. The molecule has 0 bridgehead atoms. The van der Waals surface area contributed by atoms with Gasteiger partial charge in [0.2, 0.25) is 0 Å². The van der Waals surface area contributed by atoms with E-state index in [2.05, 4.69) is 0 Å². The summed E-state index contributed by atoms with van der Waals surface area (Å²) >= 11 is 6.74. The number of hydroxylamine groups is 2. The first-order valence-electron chi connectivity index (χ1n) is 17.8. The van der Waals surface area contributed by atoms with Crippen LogP contribution in [-0.4, -0.2) is 40.8 Å². The van der Waals surface area contributed by atoms with Crippen LogP contribution < -0.4 is 14.2 Å². The zero-order chi connectivity index (χ0) is 39.9. The van der Waals surface area contributed by atoms with Crippen LogP contribution in [0.15, 0.2) is 91.0 Å². The van der Waals surface area contributed by atoms with Gasteiger partial charge in [0.15, 0.2) is 11.4 Å². The molecule has 1 atom stereocenters. The highest BCUT2D eigenvalue weighted by molar-refractivity contribution is 6.32. The lowest BCUT2D eigenvalue weighted by molar-refractivity contribution is -0.172. The second-order valence-electron chi connectivity index (χ2n) is 13.8. The van der Waals surface area contributed by atoms with Gasteiger partial charge in [0.1, 0.15) is 17.2 Å². The second kappa shape index (κ2) is 13.0. The highest BCUT2D eigenvalue weighted by Gasteiger charge is 2.55. The highest BCUT2D eigenvalue weighted by atomic mass is 35.5. The fourth-order valence-corrected chi connectivity index (χ4v) is 8.17. The molecule has 12 nitrogen and oxygen atoms in total. The zero-order valence-corrected chi connectivity index (χ0v) is 31.1. The molecule has 57 heavy (non-hydrogen) atoms. The molecule has 1 saturated heterocycles. The Morgan fingerprint density at radius 1 is 0.684 bits per heavy atom. The number of ether oxygens (including phenoxy) is 4. The molecule has 6 aromatic carbocycles. The molecule has 0 aromatic heterocycles. The lowest BCUT2D eigenvalue weighted by Crippen LogP contribution is -2.34. The minimum absolute atomic E-state index is 0.0197. The van der Waals surface area contributed by atoms with Crippen molar-refractivity contribution in [3.8, 4) is 34.1 Å². The first kappa shape index (κ1) is 35.6. The van der Waals surface area contributed by atoms with E-state index in [0.29, 0.717) is 10.6 Å². The number of hydrogen-bond acceptors (Lipinski definition) is 11. The van der Waals surface area contributed by atoms with Gasteiger partial charge in [-0.1, -0.05) is 60.1 Å². The fraction of sp³-hybridized carbons (Fsp3) is 0.136. The Bertz CT molecular complexity index is 2790. The van der Waals surface area contributed by atoms with Crippen molar-refractivity contribution >= 4 is 68.8 Å². The highest BCUT2D eigenvalue weighted by Crippen LogP contribution is 2.60. The Labute approximate surface area is 328 Å². The standard InChI is InChI=1S/C44H28ClNO11/c1-21-25-8-4-6-10-27(25)41(28-11-7-5-9-26(21)28)30-17-32-36(19-35(30)53-22(2)47)55-37-20-38(54-23(3)48)34(45)18-33(37)44(32)31-16-24(12-13-29(31)43(52)56-44)42(51)57-46-39(49)14-15-40(46)50/h4-13,16-20H,14-15H2,1-3H3. The predicted molar refractivity (Wildman–Crippen MR) is 204 cm³/mol. The van der Waals surface area contributed by atoms with Crippen LogP contribution in [0.4, 0.5) is 0 Å². The number of benzene rings is 6.